The molecule has 0 fully saturated rings. The molecule has 134 valence electrons. The van der Waals surface area contributed by atoms with Gasteiger partial charge in [0.05, 0.1) is 5.75 Å². The van der Waals surface area contributed by atoms with Crippen LogP contribution in [-0.4, -0.2) is 21.9 Å². The first-order valence-corrected chi connectivity index (χ1v) is 10.6. The van der Waals surface area contributed by atoms with Crippen LogP contribution in [0.25, 0.3) is 0 Å². The zero-order chi connectivity index (χ0) is 18.4. The third-order valence-corrected chi connectivity index (χ3v) is 5.95. The summed E-state index contributed by atoms with van der Waals surface area (Å²) in [7, 11) is 0. The summed E-state index contributed by atoms with van der Waals surface area (Å²) < 4.78 is 1.74. The number of hydrogen-bond donors (Lipinski definition) is 2. The van der Waals surface area contributed by atoms with E-state index in [0.29, 0.717) is 10.9 Å². The minimum Gasteiger partial charge on any atom is -0.330 e. The van der Waals surface area contributed by atoms with Crippen LogP contribution in [0.3, 0.4) is 0 Å². The average Bonchev–Trinajstić information content (AvgIpc) is 3.08. The SMILES string of the molecule is CCc1ccccc1NC(=O)CSc1nnc(Nc2cccc(Br)c2)s1. The van der Waals surface area contributed by atoms with Crippen molar-refractivity contribution in [2.75, 3.05) is 16.4 Å². The molecule has 2 aromatic carbocycles. The lowest BCUT2D eigenvalue weighted by Crippen LogP contribution is -2.15. The molecule has 0 saturated carbocycles. The van der Waals surface area contributed by atoms with Gasteiger partial charge in [-0.05, 0) is 36.2 Å². The van der Waals surface area contributed by atoms with Crippen LogP contribution in [-0.2, 0) is 11.2 Å². The lowest BCUT2D eigenvalue weighted by atomic mass is 10.1. The summed E-state index contributed by atoms with van der Waals surface area (Å²) in [5, 5.41) is 15.1. The van der Waals surface area contributed by atoms with E-state index in [4.69, 9.17) is 0 Å². The van der Waals surface area contributed by atoms with Crippen molar-refractivity contribution in [1.82, 2.24) is 10.2 Å². The Morgan fingerprint density at radius 1 is 1.19 bits per heavy atom. The van der Waals surface area contributed by atoms with E-state index in [2.05, 4.69) is 43.7 Å². The quantitative estimate of drug-likeness (QED) is 0.477. The van der Waals surface area contributed by atoms with Gasteiger partial charge in [-0.3, -0.25) is 4.79 Å². The van der Waals surface area contributed by atoms with Gasteiger partial charge in [0.1, 0.15) is 0 Å². The summed E-state index contributed by atoms with van der Waals surface area (Å²) in [5.74, 6) is 0.247. The normalized spacial score (nSPS) is 10.5. The second-order valence-electron chi connectivity index (χ2n) is 5.36. The molecule has 0 atom stereocenters. The van der Waals surface area contributed by atoms with Crippen molar-refractivity contribution in [3.63, 3.8) is 0 Å². The minimum atomic E-state index is -0.0485. The second kappa shape index (κ2) is 9.16. The summed E-state index contributed by atoms with van der Waals surface area (Å²) in [6.45, 7) is 2.07. The maximum absolute atomic E-state index is 12.2. The maximum atomic E-state index is 12.2. The third kappa shape index (κ3) is 5.30. The van der Waals surface area contributed by atoms with E-state index < -0.39 is 0 Å². The summed E-state index contributed by atoms with van der Waals surface area (Å²) in [6.07, 6.45) is 0.880. The van der Waals surface area contributed by atoms with Crippen LogP contribution in [0.2, 0.25) is 0 Å². The van der Waals surface area contributed by atoms with E-state index in [0.717, 1.165) is 32.2 Å². The van der Waals surface area contributed by atoms with Gasteiger partial charge in [0, 0.05) is 15.8 Å². The predicted octanol–water partition coefficient (Wildman–Crippen LogP) is 5.34. The molecule has 0 radical (unpaired) electrons. The topological polar surface area (TPSA) is 66.9 Å². The number of para-hydroxylation sites is 1. The first kappa shape index (κ1) is 18.9. The monoisotopic (exact) mass is 448 g/mol. The zero-order valence-corrected chi connectivity index (χ0v) is 17.2. The summed E-state index contributed by atoms with van der Waals surface area (Å²) in [6, 6.07) is 15.7. The molecule has 0 unspecified atom stereocenters. The molecule has 3 aromatic rings. The highest BCUT2D eigenvalue weighted by Crippen LogP contribution is 2.28. The predicted molar refractivity (Wildman–Crippen MR) is 113 cm³/mol. The van der Waals surface area contributed by atoms with Gasteiger partial charge in [0.25, 0.3) is 0 Å². The molecule has 0 saturated heterocycles. The van der Waals surface area contributed by atoms with E-state index in [-0.39, 0.29) is 5.91 Å². The lowest BCUT2D eigenvalue weighted by molar-refractivity contribution is -0.113. The molecule has 0 aliphatic carbocycles. The number of nitrogens with one attached hydrogen (secondary N) is 2. The van der Waals surface area contributed by atoms with Crippen LogP contribution >= 0.6 is 39.0 Å². The first-order valence-electron chi connectivity index (χ1n) is 8.00. The molecule has 1 heterocycles. The summed E-state index contributed by atoms with van der Waals surface area (Å²) in [4.78, 5) is 12.2. The van der Waals surface area contributed by atoms with E-state index in [1.165, 1.54) is 23.1 Å². The Bertz CT molecular complexity index is 900. The van der Waals surface area contributed by atoms with Gasteiger partial charge in [-0.15, -0.1) is 10.2 Å². The van der Waals surface area contributed by atoms with E-state index in [1.54, 1.807) is 0 Å². The third-order valence-electron chi connectivity index (χ3n) is 3.48. The van der Waals surface area contributed by atoms with Crippen LogP contribution < -0.4 is 10.6 Å². The van der Waals surface area contributed by atoms with Crippen molar-refractivity contribution < 1.29 is 4.79 Å². The molecular formula is C18H17BrN4OS2. The lowest BCUT2D eigenvalue weighted by Gasteiger charge is -2.08. The number of halogens is 1. The van der Waals surface area contributed by atoms with E-state index in [1.807, 2.05) is 48.5 Å². The van der Waals surface area contributed by atoms with Gasteiger partial charge in [-0.1, -0.05) is 70.2 Å². The van der Waals surface area contributed by atoms with Gasteiger partial charge >= 0.3 is 0 Å². The Balaban J connectivity index is 1.53. The number of benzene rings is 2. The number of thioether (sulfide) groups is 1. The van der Waals surface area contributed by atoms with Crippen LogP contribution in [0.5, 0.6) is 0 Å². The highest BCUT2D eigenvalue weighted by molar-refractivity contribution is 9.10. The van der Waals surface area contributed by atoms with Crippen molar-refractivity contribution in [3.05, 3.63) is 58.6 Å². The number of hydrogen-bond acceptors (Lipinski definition) is 6. The number of carbonyl (C=O) groups excluding carboxylic acids is 1. The Labute approximate surface area is 168 Å². The van der Waals surface area contributed by atoms with Crippen LogP contribution in [0.1, 0.15) is 12.5 Å². The maximum Gasteiger partial charge on any atom is 0.234 e. The fourth-order valence-electron chi connectivity index (χ4n) is 2.27. The van der Waals surface area contributed by atoms with E-state index in [9.17, 15) is 4.79 Å². The molecule has 0 aliphatic rings. The summed E-state index contributed by atoms with van der Waals surface area (Å²) >= 11 is 6.24. The summed E-state index contributed by atoms with van der Waals surface area (Å²) in [5.41, 5.74) is 2.93. The molecule has 26 heavy (non-hydrogen) atoms. The molecule has 0 aliphatic heterocycles. The molecule has 8 heteroatoms. The highest BCUT2D eigenvalue weighted by atomic mass is 79.9. The van der Waals surface area contributed by atoms with Crippen molar-refractivity contribution in [2.24, 2.45) is 0 Å². The number of aryl methyl sites for hydroxylation is 1. The van der Waals surface area contributed by atoms with Crippen LogP contribution in [0.4, 0.5) is 16.5 Å². The van der Waals surface area contributed by atoms with Crippen molar-refractivity contribution in [2.45, 2.75) is 17.7 Å². The fraction of sp³-hybridized carbons (Fsp3) is 0.167. The Kier molecular flexibility index (Phi) is 6.65. The highest BCUT2D eigenvalue weighted by Gasteiger charge is 2.10. The Morgan fingerprint density at radius 2 is 2.04 bits per heavy atom. The first-order chi connectivity index (χ1) is 12.6. The molecule has 1 amide bonds. The van der Waals surface area contributed by atoms with Gasteiger partial charge in [0.2, 0.25) is 11.0 Å². The van der Waals surface area contributed by atoms with Gasteiger partial charge in [-0.2, -0.15) is 0 Å². The van der Waals surface area contributed by atoms with Gasteiger partial charge in [0.15, 0.2) is 4.34 Å². The zero-order valence-electron chi connectivity index (χ0n) is 14.0. The molecule has 0 spiro atoms. The van der Waals surface area contributed by atoms with Crippen molar-refractivity contribution in [1.29, 1.82) is 0 Å². The molecule has 5 nitrogen and oxygen atoms in total. The number of anilines is 3. The minimum absolute atomic E-state index is 0.0485. The van der Waals surface area contributed by atoms with Crippen molar-refractivity contribution in [3.8, 4) is 0 Å². The largest absolute Gasteiger partial charge is 0.330 e. The number of rotatable bonds is 7. The standard InChI is InChI=1S/C18H17BrN4OS2/c1-2-12-6-3-4-9-15(12)21-16(24)11-25-18-23-22-17(26-18)20-14-8-5-7-13(19)10-14/h3-10H,2,11H2,1H3,(H,20,22)(H,21,24). The number of carbonyl (C=O) groups is 1. The van der Waals surface area contributed by atoms with Crippen LogP contribution in [0, 0.1) is 0 Å². The van der Waals surface area contributed by atoms with Gasteiger partial charge in [-0.25, -0.2) is 0 Å². The number of aromatic nitrogens is 2. The number of amides is 1. The molecule has 1 aromatic heterocycles. The molecule has 2 N–H and O–H groups in total. The van der Waals surface area contributed by atoms with Crippen molar-refractivity contribution >= 4 is 61.4 Å². The Hall–Kier alpha value is -1.90. The Morgan fingerprint density at radius 3 is 2.85 bits per heavy atom. The smallest absolute Gasteiger partial charge is 0.234 e. The molecule has 3 rings (SSSR count). The van der Waals surface area contributed by atoms with Crippen LogP contribution in [0.15, 0.2) is 57.3 Å². The number of nitrogens with zero attached hydrogens (tertiary/aromatic N) is 2. The second-order valence-corrected chi connectivity index (χ2v) is 8.47. The average molecular weight is 449 g/mol. The van der Waals surface area contributed by atoms with E-state index >= 15 is 0 Å². The molecular weight excluding hydrogens is 432 g/mol. The fourth-order valence-corrected chi connectivity index (χ4v) is 4.24. The van der Waals surface area contributed by atoms with Gasteiger partial charge < -0.3 is 10.6 Å². The molecule has 0 bridgehead atoms.